The fraction of sp³-hybridized carbons (Fsp3) is 0.115. The fourth-order valence-corrected chi connectivity index (χ4v) is 3.97. The van der Waals surface area contributed by atoms with Gasteiger partial charge in [-0.05, 0) is 37.3 Å². The minimum atomic E-state index is -4.88. The molecule has 0 aliphatic heterocycles. The Hall–Kier alpha value is -4.94. The van der Waals surface area contributed by atoms with Crippen molar-refractivity contribution in [2.24, 2.45) is 0 Å². The number of methoxy groups -OCH3 is 1. The van der Waals surface area contributed by atoms with Crippen LogP contribution in [-0.4, -0.2) is 37.6 Å². The molecule has 0 radical (unpaired) electrons. The molecule has 0 bridgehead atoms. The summed E-state index contributed by atoms with van der Waals surface area (Å²) in [7, 11) is 1.40. The molecule has 0 spiro atoms. The number of hydrogen-bond donors (Lipinski definition) is 0. The van der Waals surface area contributed by atoms with Crippen LogP contribution in [0.2, 0.25) is 0 Å². The second kappa shape index (κ2) is 9.74. The number of hydrogen-bond acceptors (Lipinski definition) is 5. The molecule has 0 N–H and O–H groups in total. The van der Waals surface area contributed by atoms with E-state index in [2.05, 4.69) is 14.9 Å². The van der Waals surface area contributed by atoms with E-state index in [9.17, 15) is 26.7 Å². The van der Waals surface area contributed by atoms with Crippen molar-refractivity contribution in [3.05, 3.63) is 101 Å². The quantitative estimate of drug-likeness (QED) is 0.269. The molecule has 0 aliphatic carbocycles. The number of aryl methyl sites for hydroxylation is 1. The average Bonchev–Trinajstić information content (AvgIpc) is 3.44. The maximum absolute atomic E-state index is 13.5. The van der Waals surface area contributed by atoms with Gasteiger partial charge in [0.15, 0.2) is 17.3 Å². The molecule has 0 amide bonds. The zero-order valence-electron chi connectivity index (χ0n) is 20.3. The van der Waals surface area contributed by atoms with E-state index in [1.165, 1.54) is 51.5 Å². The summed E-state index contributed by atoms with van der Waals surface area (Å²) in [5.41, 5.74) is 1.23. The lowest BCUT2D eigenvalue weighted by molar-refractivity contribution is -0.274. The lowest BCUT2D eigenvalue weighted by atomic mass is 10.2. The van der Waals surface area contributed by atoms with Crippen LogP contribution < -0.4 is 14.9 Å². The van der Waals surface area contributed by atoms with Crippen LogP contribution in [0.25, 0.3) is 28.5 Å². The average molecular weight is 543 g/mol. The van der Waals surface area contributed by atoms with Crippen LogP contribution >= 0.6 is 0 Å². The first-order valence-corrected chi connectivity index (χ1v) is 11.3. The van der Waals surface area contributed by atoms with Gasteiger partial charge in [-0.1, -0.05) is 6.07 Å². The molecule has 13 heteroatoms. The van der Waals surface area contributed by atoms with Crippen molar-refractivity contribution in [3.8, 4) is 39.9 Å². The number of alkyl halides is 3. The van der Waals surface area contributed by atoms with Crippen LogP contribution in [0.5, 0.6) is 11.5 Å². The Morgan fingerprint density at radius 1 is 0.897 bits per heavy atom. The Balaban J connectivity index is 1.58. The Bertz CT molecular complexity index is 1720. The predicted molar refractivity (Wildman–Crippen MR) is 130 cm³/mol. The second-order valence-electron chi connectivity index (χ2n) is 8.32. The molecular weight excluding hydrogens is 525 g/mol. The lowest BCUT2D eigenvalue weighted by Crippen LogP contribution is -2.17. The molecule has 3 aromatic heterocycles. The van der Waals surface area contributed by atoms with Gasteiger partial charge < -0.3 is 14.0 Å². The number of nitrogens with zero attached hydrogens (tertiary/aromatic N) is 5. The van der Waals surface area contributed by atoms with Crippen molar-refractivity contribution in [3.63, 3.8) is 0 Å². The summed E-state index contributed by atoms with van der Waals surface area (Å²) < 4.78 is 78.6. The molecule has 2 aromatic carbocycles. The maximum atomic E-state index is 13.5. The summed E-state index contributed by atoms with van der Waals surface area (Å²) in [6.07, 6.45) is -1.51. The molecule has 39 heavy (non-hydrogen) atoms. The van der Waals surface area contributed by atoms with Gasteiger partial charge in [0.25, 0.3) is 0 Å². The molecule has 0 unspecified atom stereocenters. The third-order valence-corrected chi connectivity index (χ3v) is 5.62. The summed E-state index contributed by atoms with van der Waals surface area (Å²) in [6.45, 7) is 1.66. The van der Waals surface area contributed by atoms with Gasteiger partial charge in [0.1, 0.15) is 17.2 Å². The first-order valence-electron chi connectivity index (χ1n) is 11.3. The van der Waals surface area contributed by atoms with Gasteiger partial charge in [0, 0.05) is 42.5 Å². The van der Waals surface area contributed by atoms with Crippen LogP contribution in [0.15, 0.2) is 78.0 Å². The first kappa shape index (κ1) is 25.7. The highest BCUT2D eigenvalue weighted by Crippen LogP contribution is 2.29. The summed E-state index contributed by atoms with van der Waals surface area (Å²) in [5.74, 6) is -2.19. The smallest absolute Gasteiger partial charge is 0.494 e. The lowest BCUT2D eigenvalue weighted by Gasteiger charge is -2.14. The number of halogens is 5. The van der Waals surface area contributed by atoms with Crippen molar-refractivity contribution in [1.29, 1.82) is 0 Å². The van der Waals surface area contributed by atoms with Gasteiger partial charge in [0.05, 0.1) is 24.2 Å². The standard InChI is InChI=1S/C26H18F5N5O3/c1-15-10-22(36(32-15)17-4-3-5-18(11-17)39-26(29,30)31)25-23(37)8-9-35(33-25)21-7-6-16(12-24(21)38-2)34-13-19(27)20(28)14-34/h3-14H,1-2H3. The molecule has 0 fully saturated rings. The molecule has 0 saturated heterocycles. The van der Waals surface area contributed by atoms with Gasteiger partial charge in [-0.2, -0.15) is 10.2 Å². The van der Waals surface area contributed by atoms with Crippen molar-refractivity contribution in [2.75, 3.05) is 7.11 Å². The van der Waals surface area contributed by atoms with E-state index in [0.717, 1.165) is 24.5 Å². The zero-order valence-corrected chi connectivity index (χ0v) is 20.3. The number of aromatic nitrogens is 5. The Morgan fingerprint density at radius 3 is 2.33 bits per heavy atom. The van der Waals surface area contributed by atoms with Crippen LogP contribution in [0.1, 0.15) is 5.69 Å². The molecule has 3 heterocycles. The Kier molecular flexibility index (Phi) is 6.42. The van der Waals surface area contributed by atoms with E-state index in [-0.39, 0.29) is 22.8 Å². The van der Waals surface area contributed by atoms with Crippen LogP contribution in [0, 0.1) is 18.6 Å². The Morgan fingerprint density at radius 2 is 1.64 bits per heavy atom. The summed E-state index contributed by atoms with van der Waals surface area (Å²) in [4.78, 5) is 12.9. The monoisotopic (exact) mass is 543 g/mol. The molecule has 0 saturated carbocycles. The van der Waals surface area contributed by atoms with E-state index >= 15 is 0 Å². The summed E-state index contributed by atoms with van der Waals surface area (Å²) >= 11 is 0. The van der Waals surface area contributed by atoms with Crippen molar-refractivity contribution in [2.45, 2.75) is 13.3 Å². The highest BCUT2D eigenvalue weighted by atomic mass is 19.4. The predicted octanol–water partition coefficient (Wildman–Crippen LogP) is 5.37. The van der Waals surface area contributed by atoms with E-state index < -0.39 is 29.2 Å². The van der Waals surface area contributed by atoms with Crippen LogP contribution in [0.4, 0.5) is 22.0 Å². The molecule has 5 rings (SSSR count). The third kappa shape index (κ3) is 5.23. The molecule has 5 aromatic rings. The number of ether oxygens (including phenoxy) is 2. The van der Waals surface area contributed by atoms with Gasteiger partial charge in [0.2, 0.25) is 5.43 Å². The molecule has 8 nitrogen and oxygen atoms in total. The fourth-order valence-electron chi connectivity index (χ4n) is 3.97. The van der Waals surface area contributed by atoms with E-state index in [4.69, 9.17) is 4.74 Å². The second-order valence-corrected chi connectivity index (χ2v) is 8.32. The topological polar surface area (TPSA) is 76.1 Å². The first-order chi connectivity index (χ1) is 18.5. The minimum Gasteiger partial charge on any atom is -0.494 e. The number of benzene rings is 2. The van der Waals surface area contributed by atoms with E-state index in [1.54, 1.807) is 25.1 Å². The third-order valence-electron chi connectivity index (χ3n) is 5.62. The largest absolute Gasteiger partial charge is 0.573 e. The van der Waals surface area contributed by atoms with Crippen molar-refractivity contribution >= 4 is 0 Å². The minimum absolute atomic E-state index is 0.0408. The van der Waals surface area contributed by atoms with Crippen molar-refractivity contribution in [1.82, 2.24) is 24.1 Å². The number of rotatable bonds is 6. The molecular formula is C26H18F5N5O3. The van der Waals surface area contributed by atoms with E-state index in [1.807, 2.05) is 0 Å². The Labute approximate surface area is 217 Å². The normalized spacial score (nSPS) is 11.6. The van der Waals surface area contributed by atoms with E-state index in [0.29, 0.717) is 17.1 Å². The van der Waals surface area contributed by atoms with Gasteiger partial charge >= 0.3 is 6.36 Å². The summed E-state index contributed by atoms with van der Waals surface area (Å²) in [6, 6.07) is 12.7. The van der Waals surface area contributed by atoms with Crippen molar-refractivity contribution < 1.29 is 31.4 Å². The maximum Gasteiger partial charge on any atom is 0.573 e. The van der Waals surface area contributed by atoms with Crippen LogP contribution in [-0.2, 0) is 0 Å². The SMILES string of the molecule is COc1cc(-n2cc(F)c(F)c2)ccc1-n1ccc(=O)c(-c2cc(C)nn2-c2cccc(OC(F)(F)F)c2)n1. The highest BCUT2D eigenvalue weighted by molar-refractivity contribution is 5.60. The summed E-state index contributed by atoms with van der Waals surface area (Å²) in [5, 5.41) is 8.78. The highest BCUT2D eigenvalue weighted by Gasteiger charge is 2.31. The van der Waals surface area contributed by atoms with Crippen LogP contribution in [0.3, 0.4) is 0 Å². The van der Waals surface area contributed by atoms with Gasteiger partial charge in [-0.15, -0.1) is 13.2 Å². The van der Waals surface area contributed by atoms with Gasteiger partial charge in [-0.25, -0.2) is 18.1 Å². The molecule has 0 atom stereocenters. The zero-order chi connectivity index (χ0) is 27.9. The van der Waals surface area contributed by atoms with Gasteiger partial charge in [-0.3, -0.25) is 4.79 Å². The molecule has 200 valence electrons. The molecule has 0 aliphatic rings.